The minimum atomic E-state index is -0.171. The molecule has 160 valence electrons. The Morgan fingerprint density at radius 1 is 1.27 bits per heavy atom. The first-order chi connectivity index (χ1) is 14.5. The lowest BCUT2D eigenvalue weighted by molar-refractivity contribution is -0.122. The fraction of sp³-hybridized carbons (Fsp3) is 0.333. The number of ether oxygens (including phenoxy) is 1. The van der Waals surface area contributed by atoms with Crippen LogP contribution in [0.15, 0.2) is 46.0 Å². The van der Waals surface area contributed by atoms with Gasteiger partial charge in [0, 0.05) is 37.7 Å². The van der Waals surface area contributed by atoms with E-state index in [1.54, 1.807) is 12.1 Å². The lowest BCUT2D eigenvalue weighted by Gasteiger charge is -2.34. The summed E-state index contributed by atoms with van der Waals surface area (Å²) in [6.45, 7) is 4.48. The van der Waals surface area contributed by atoms with Crippen LogP contribution in [0, 0.1) is 0 Å². The second-order valence-electron chi connectivity index (χ2n) is 6.99. The van der Waals surface area contributed by atoms with Crippen molar-refractivity contribution in [1.29, 1.82) is 0 Å². The van der Waals surface area contributed by atoms with Gasteiger partial charge in [-0.25, -0.2) is 5.43 Å². The molecular formula is C21H24BrClN4O3. The number of carbonyl (C=O) groups is 1. The molecular weight excluding hydrogens is 472 g/mol. The largest absolute Gasteiger partial charge is 0.503 e. The number of halogens is 2. The van der Waals surface area contributed by atoms with E-state index in [2.05, 4.69) is 36.3 Å². The summed E-state index contributed by atoms with van der Waals surface area (Å²) in [5, 5.41) is 14.6. The highest BCUT2D eigenvalue weighted by Gasteiger charge is 2.19. The van der Waals surface area contributed by atoms with E-state index in [4.69, 9.17) is 16.3 Å². The number of methoxy groups -OCH3 is 1. The number of hydrogen-bond donors (Lipinski definition) is 2. The van der Waals surface area contributed by atoms with E-state index in [0.29, 0.717) is 22.3 Å². The van der Waals surface area contributed by atoms with Crippen molar-refractivity contribution >= 4 is 39.7 Å². The number of rotatable bonds is 7. The lowest BCUT2D eigenvalue weighted by Crippen LogP contribution is -2.48. The Hall–Kier alpha value is -2.13. The van der Waals surface area contributed by atoms with Gasteiger partial charge < -0.3 is 9.84 Å². The van der Waals surface area contributed by atoms with Crippen LogP contribution in [0.2, 0.25) is 5.02 Å². The fourth-order valence-electron chi connectivity index (χ4n) is 3.21. The molecule has 3 rings (SSSR count). The summed E-state index contributed by atoms with van der Waals surface area (Å²) in [6.07, 6.45) is 1.51. The van der Waals surface area contributed by atoms with Gasteiger partial charge in [0.25, 0.3) is 5.91 Å². The SMILES string of the molecule is COc1cc(/C=N/NC(=O)CN2CCN(Cc3ccccc3Cl)CC2)cc(Br)c1O. The number of nitrogens with one attached hydrogen (secondary N) is 1. The summed E-state index contributed by atoms with van der Waals surface area (Å²) in [4.78, 5) is 16.6. The van der Waals surface area contributed by atoms with E-state index in [1.807, 2.05) is 24.3 Å². The number of nitrogens with zero attached hydrogens (tertiary/aromatic N) is 3. The maximum absolute atomic E-state index is 12.2. The molecule has 1 amide bonds. The maximum atomic E-state index is 12.2. The van der Waals surface area contributed by atoms with Crippen LogP contribution in [0.3, 0.4) is 0 Å². The van der Waals surface area contributed by atoms with E-state index in [9.17, 15) is 9.90 Å². The third-order valence-electron chi connectivity index (χ3n) is 4.86. The molecule has 0 spiro atoms. The highest BCUT2D eigenvalue weighted by molar-refractivity contribution is 9.10. The van der Waals surface area contributed by atoms with E-state index in [-0.39, 0.29) is 11.7 Å². The van der Waals surface area contributed by atoms with Gasteiger partial charge in [-0.2, -0.15) is 5.10 Å². The normalized spacial score (nSPS) is 15.4. The first-order valence-corrected chi connectivity index (χ1v) is 10.7. The van der Waals surface area contributed by atoms with Crippen molar-refractivity contribution in [3.05, 3.63) is 57.0 Å². The van der Waals surface area contributed by atoms with Gasteiger partial charge in [0.1, 0.15) is 0 Å². The first-order valence-electron chi connectivity index (χ1n) is 9.53. The van der Waals surface area contributed by atoms with Crippen LogP contribution in [0.5, 0.6) is 11.5 Å². The number of phenols is 1. The second-order valence-corrected chi connectivity index (χ2v) is 8.25. The van der Waals surface area contributed by atoms with Crippen molar-refractivity contribution in [3.8, 4) is 11.5 Å². The Bertz CT molecular complexity index is 917. The third kappa shape index (κ3) is 6.18. The molecule has 0 aliphatic carbocycles. The number of piperazine rings is 1. The molecule has 2 aromatic carbocycles. The van der Waals surface area contributed by atoms with Crippen LogP contribution in [0.4, 0.5) is 0 Å². The van der Waals surface area contributed by atoms with Gasteiger partial charge in [0.15, 0.2) is 11.5 Å². The van der Waals surface area contributed by atoms with Gasteiger partial charge in [0.05, 0.1) is 24.3 Å². The highest BCUT2D eigenvalue weighted by atomic mass is 79.9. The Morgan fingerprint density at radius 3 is 2.67 bits per heavy atom. The number of hydrogen-bond acceptors (Lipinski definition) is 6. The molecule has 7 nitrogen and oxygen atoms in total. The van der Waals surface area contributed by atoms with Crippen molar-refractivity contribution < 1.29 is 14.6 Å². The molecule has 0 aromatic heterocycles. The predicted octanol–water partition coefficient (Wildman–Crippen LogP) is 3.08. The summed E-state index contributed by atoms with van der Waals surface area (Å²) >= 11 is 9.50. The molecule has 2 N–H and O–H groups in total. The average Bonchev–Trinajstić information content (AvgIpc) is 2.73. The van der Waals surface area contributed by atoms with Crippen LogP contribution in [0.1, 0.15) is 11.1 Å². The lowest BCUT2D eigenvalue weighted by atomic mass is 10.2. The summed E-state index contributed by atoms with van der Waals surface area (Å²) in [5.41, 5.74) is 4.36. The molecule has 1 saturated heterocycles. The maximum Gasteiger partial charge on any atom is 0.254 e. The molecule has 0 unspecified atom stereocenters. The third-order valence-corrected chi connectivity index (χ3v) is 5.83. The number of hydrazone groups is 1. The van der Waals surface area contributed by atoms with Gasteiger partial charge in [-0.1, -0.05) is 29.8 Å². The van der Waals surface area contributed by atoms with Gasteiger partial charge in [0.2, 0.25) is 0 Å². The molecule has 1 fully saturated rings. The minimum absolute atomic E-state index is 0.0207. The van der Waals surface area contributed by atoms with Crippen molar-refractivity contribution in [2.45, 2.75) is 6.54 Å². The molecule has 0 atom stereocenters. The smallest absolute Gasteiger partial charge is 0.254 e. The zero-order valence-electron chi connectivity index (χ0n) is 16.6. The Morgan fingerprint density at radius 2 is 1.97 bits per heavy atom. The molecule has 0 bridgehead atoms. The van der Waals surface area contributed by atoms with E-state index in [0.717, 1.165) is 43.3 Å². The first kappa shape index (κ1) is 22.6. The van der Waals surface area contributed by atoms with Crippen LogP contribution in [-0.2, 0) is 11.3 Å². The zero-order valence-corrected chi connectivity index (χ0v) is 19.0. The van der Waals surface area contributed by atoms with Gasteiger partial charge in [-0.05, 0) is 45.3 Å². The van der Waals surface area contributed by atoms with Crippen molar-refractivity contribution in [2.75, 3.05) is 39.8 Å². The number of amides is 1. The summed E-state index contributed by atoms with van der Waals surface area (Å²) in [7, 11) is 1.47. The van der Waals surface area contributed by atoms with Crippen LogP contribution in [0.25, 0.3) is 0 Å². The summed E-state index contributed by atoms with van der Waals surface area (Å²) in [5.74, 6) is 0.176. The highest BCUT2D eigenvalue weighted by Crippen LogP contribution is 2.34. The second kappa shape index (κ2) is 10.8. The number of benzene rings is 2. The van der Waals surface area contributed by atoms with Crippen molar-refractivity contribution in [3.63, 3.8) is 0 Å². The van der Waals surface area contributed by atoms with Crippen LogP contribution in [-0.4, -0.2) is 66.9 Å². The minimum Gasteiger partial charge on any atom is -0.503 e. The van der Waals surface area contributed by atoms with Crippen LogP contribution >= 0.6 is 27.5 Å². The van der Waals surface area contributed by atoms with Gasteiger partial charge in [-0.15, -0.1) is 0 Å². The predicted molar refractivity (Wildman–Crippen MR) is 121 cm³/mol. The van der Waals surface area contributed by atoms with E-state index in [1.165, 1.54) is 13.3 Å². The van der Waals surface area contributed by atoms with E-state index < -0.39 is 0 Å². The van der Waals surface area contributed by atoms with Gasteiger partial charge in [-0.3, -0.25) is 14.6 Å². The number of phenolic OH excluding ortho intramolecular Hbond substituents is 1. The monoisotopic (exact) mass is 494 g/mol. The van der Waals surface area contributed by atoms with Crippen molar-refractivity contribution in [2.24, 2.45) is 5.10 Å². The van der Waals surface area contributed by atoms with Crippen molar-refractivity contribution in [1.82, 2.24) is 15.2 Å². The Balaban J connectivity index is 1.43. The quantitative estimate of drug-likeness (QED) is 0.456. The molecule has 1 heterocycles. The molecule has 30 heavy (non-hydrogen) atoms. The number of aromatic hydroxyl groups is 1. The molecule has 1 aliphatic heterocycles. The average molecular weight is 496 g/mol. The molecule has 1 aliphatic rings. The fourth-order valence-corrected chi connectivity index (χ4v) is 3.87. The molecule has 2 aromatic rings. The van der Waals surface area contributed by atoms with Gasteiger partial charge >= 0.3 is 0 Å². The molecule has 0 radical (unpaired) electrons. The topological polar surface area (TPSA) is 77.4 Å². The summed E-state index contributed by atoms with van der Waals surface area (Å²) in [6, 6.07) is 11.2. The Kier molecular flexibility index (Phi) is 8.09. The number of carbonyl (C=O) groups excluding carboxylic acids is 1. The zero-order chi connectivity index (χ0) is 21.5. The Labute approximate surface area is 189 Å². The molecule has 9 heteroatoms. The standard InChI is InChI=1S/C21H24BrClN4O3/c1-30-19-11-15(10-17(22)21(19)29)12-24-25-20(28)14-27-8-6-26(7-9-27)13-16-4-2-3-5-18(16)23/h2-5,10-12,29H,6-9,13-14H2,1H3,(H,25,28)/b24-12+. The summed E-state index contributed by atoms with van der Waals surface area (Å²) < 4.78 is 5.59. The van der Waals surface area contributed by atoms with Crippen LogP contribution < -0.4 is 10.2 Å². The van der Waals surface area contributed by atoms with E-state index >= 15 is 0 Å². The molecule has 0 saturated carbocycles.